The molecule has 0 aliphatic heterocycles. The number of rotatable bonds is 53. The van der Waals surface area contributed by atoms with Crippen molar-refractivity contribution in [2.75, 3.05) is 13.2 Å². The maximum Gasteiger partial charge on any atom is 0.306 e. The lowest BCUT2D eigenvalue weighted by Gasteiger charge is -2.18. The summed E-state index contributed by atoms with van der Waals surface area (Å²) in [5.41, 5.74) is 0. The van der Waals surface area contributed by atoms with Gasteiger partial charge in [0.2, 0.25) is 0 Å². The second kappa shape index (κ2) is 51.8. The quantitative estimate of drug-likeness (QED) is 0.0344. The Morgan fingerprint density at radius 2 is 0.508 bits per heavy atom. The van der Waals surface area contributed by atoms with E-state index < -0.39 is 6.10 Å². The molecule has 0 aromatic heterocycles. The van der Waals surface area contributed by atoms with Crippen LogP contribution in [0, 0.1) is 11.8 Å². The number of unbranched alkanes of at least 4 members (excludes halogenated alkanes) is 38. The lowest BCUT2D eigenvalue weighted by Crippen LogP contribution is -2.30. The Balaban J connectivity index is 4.30. The van der Waals surface area contributed by atoms with E-state index in [-0.39, 0.29) is 31.1 Å². The molecular weight excluding hydrogens is 805 g/mol. The minimum atomic E-state index is -0.763. The molecule has 0 rings (SSSR count). The highest BCUT2D eigenvalue weighted by Gasteiger charge is 2.19. The Bertz CT molecular complexity index is 993. The van der Waals surface area contributed by atoms with Crippen molar-refractivity contribution in [3.63, 3.8) is 0 Å². The fourth-order valence-electron chi connectivity index (χ4n) is 9.05. The Morgan fingerprint density at radius 1 is 0.292 bits per heavy atom. The SMILES string of the molecule is CCCCCCCCCCCCCCCCCCCC(=O)OC[C@@H](COC(=O)CCCCCCCCCCCCCCC(C)C)OC(=O)CCCCCCCCCCCCCCC(C)C. The summed E-state index contributed by atoms with van der Waals surface area (Å²) in [6.07, 6.45) is 55.2. The van der Waals surface area contributed by atoms with E-state index in [4.69, 9.17) is 14.2 Å². The molecule has 6 heteroatoms. The van der Waals surface area contributed by atoms with Gasteiger partial charge in [0.15, 0.2) is 6.10 Å². The van der Waals surface area contributed by atoms with Gasteiger partial charge in [0.05, 0.1) is 0 Å². The first-order chi connectivity index (χ1) is 31.7. The van der Waals surface area contributed by atoms with Gasteiger partial charge in [-0.1, -0.05) is 291 Å². The normalized spacial score (nSPS) is 12.0. The number of ether oxygens (including phenoxy) is 3. The lowest BCUT2D eigenvalue weighted by atomic mass is 10.0. The van der Waals surface area contributed by atoms with Crippen LogP contribution in [-0.2, 0) is 28.6 Å². The van der Waals surface area contributed by atoms with Crippen molar-refractivity contribution in [3.05, 3.63) is 0 Å². The van der Waals surface area contributed by atoms with Gasteiger partial charge < -0.3 is 14.2 Å². The van der Waals surface area contributed by atoms with Crippen molar-refractivity contribution >= 4 is 17.9 Å². The van der Waals surface area contributed by atoms with Gasteiger partial charge in [-0.2, -0.15) is 0 Å². The van der Waals surface area contributed by atoms with Gasteiger partial charge in [0.25, 0.3) is 0 Å². The van der Waals surface area contributed by atoms with E-state index in [1.807, 2.05) is 0 Å². The average molecular weight is 920 g/mol. The minimum Gasteiger partial charge on any atom is -0.462 e. The van der Waals surface area contributed by atoms with Crippen LogP contribution in [0.4, 0.5) is 0 Å². The summed E-state index contributed by atoms with van der Waals surface area (Å²) < 4.78 is 16.9. The topological polar surface area (TPSA) is 78.9 Å². The maximum atomic E-state index is 12.8. The third kappa shape index (κ3) is 53.2. The highest BCUT2D eigenvalue weighted by molar-refractivity contribution is 5.71. The zero-order valence-electron chi connectivity index (χ0n) is 44.6. The number of hydrogen-bond donors (Lipinski definition) is 0. The standard InChI is InChI=1S/C59H114O6/c1-6-7-8-9-10-11-12-13-14-15-16-17-24-29-34-39-44-49-57(60)63-52-56(65-59(62)51-46-41-36-31-26-21-19-23-28-33-38-43-48-55(4)5)53-64-58(61)50-45-40-35-30-25-20-18-22-27-32-37-42-47-54(2)3/h54-56H,6-53H2,1-5H3/t56-/m0/s1. The number of carbonyl (C=O) groups excluding carboxylic acids is 3. The van der Waals surface area contributed by atoms with E-state index in [0.29, 0.717) is 19.3 Å². The van der Waals surface area contributed by atoms with E-state index in [1.165, 1.54) is 218 Å². The Kier molecular flexibility index (Phi) is 50.5. The molecular formula is C59H114O6. The highest BCUT2D eigenvalue weighted by atomic mass is 16.6. The van der Waals surface area contributed by atoms with Gasteiger partial charge >= 0.3 is 17.9 Å². The van der Waals surface area contributed by atoms with Gasteiger partial charge in [0, 0.05) is 19.3 Å². The van der Waals surface area contributed by atoms with E-state index in [0.717, 1.165) is 69.6 Å². The largest absolute Gasteiger partial charge is 0.462 e. The summed E-state index contributed by atoms with van der Waals surface area (Å²) in [5, 5.41) is 0. The van der Waals surface area contributed by atoms with Crippen LogP contribution in [0.25, 0.3) is 0 Å². The zero-order chi connectivity index (χ0) is 47.5. The summed E-state index contributed by atoms with van der Waals surface area (Å²) in [5.74, 6) is 0.827. The van der Waals surface area contributed by atoms with Gasteiger partial charge in [-0.25, -0.2) is 0 Å². The van der Waals surface area contributed by atoms with Crippen LogP contribution in [0.5, 0.6) is 0 Å². The van der Waals surface area contributed by atoms with E-state index in [9.17, 15) is 14.4 Å². The molecule has 0 aromatic rings. The summed E-state index contributed by atoms with van der Waals surface area (Å²) >= 11 is 0. The van der Waals surface area contributed by atoms with Crippen LogP contribution in [0.15, 0.2) is 0 Å². The zero-order valence-corrected chi connectivity index (χ0v) is 44.6. The molecule has 0 saturated heterocycles. The Labute approximate surface area is 406 Å². The predicted octanol–water partition coefficient (Wildman–Crippen LogP) is 19.3. The van der Waals surface area contributed by atoms with Crippen molar-refractivity contribution in [1.82, 2.24) is 0 Å². The molecule has 0 fully saturated rings. The van der Waals surface area contributed by atoms with Gasteiger partial charge in [0.1, 0.15) is 13.2 Å². The van der Waals surface area contributed by atoms with Gasteiger partial charge in [-0.15, -0.1) is 0 Å². The van der Waals surface area contributed by atoms with Crippen LogP contribution < -0.4 is 0 Å². The predicted molar refractivity (Wildman–Crippen MR) is 280 cm³/mol. The molecule has 1 atom stereocenters. The second-order valence-electron chi connectivity index (χ2n) is 21.2. The first-order valence-corrected chi connectivity index (χ1v) is 29.2. The van der Waals surface area contributed by atoms with Crippen molar-refractivity contribution in [2.45, 2.75) is 336 Å². The van der Waals surface area contributed by atoms with Crippen LogP contribution >= 0.6 is 0 Å². The van der Waals surface area contributed by atoms with Crippen molar-refractivity contribution in [3.8, 4) is 0 Å². The summed E-state index contributed by atoms with van der Waals surface area (Å²) in [7, 11) is 0. The molecule has 0 bridgehead atoms. The van der Waals surface area contributed by atoms with Crippen molar-refractivity contribution in [2.24, 2.45) is 11.8 Å². The Hall–Kier alpha value is -1.59. The molecule has 65 heavy (non-hydrogen) atoms. The summed E-state index contributed by atoms with van der Waals surface area (Å²) in [6.45, 7) is 11.4. The van der Waals surface area contributed by atoms with Crippen LogP contribution in [0.1, 0.15) is 330 Å². The first kappa shape index (κ1) is 63.4. The second-order valence-corrected chi connectivity index (χ2v) is 21.2. The molecule has 0 unspecified atom stereocenters. The van der Waals surface area contributed by atoms with Crippen molar-refractivity contribution in [1.29, 1.82) is 0 Å². The number of esters is 3. The fourth-order valence-corrected chi connectivity index (χ4v) is 9.05. The highest BCUT2D eigenvalue weighted by Crippen LogP contribution is 2.18. The lowest BCUT2D eigenvalue weighted by molar-refractivity contribution is -0.167. The molecule has 0 amide bonds. The van der Waals surface area contributed by atoms with Crippen LogP contribution in [0.3, 0.4) is 0 Å². The average Bonchev–Trinajstić information content (AvgIpc) is 3.28. The number of carbonyl (C=O) groups is 3. The summed E-state index contributed by atoms with van der Waals surface area (Å²) in [6, 6.07) is 0. The minimum absolute atomic E-state index is 0.0626. The molecule has 386 valence electrons. The molecule has 0 saturated carbocycles. The smallest absolute Gasteiger partial charge is 0.306 e. The fraction of sp³-hybridized carbons (Fsp3) is 0.949. The van der Waals surface area contributed by atoms with Crippen molar-refractivity contribution < 1.29 is 28.6 Å². The molecule has 0 heterocycles. The molecule has 0 N–H and O–H groups in total. The maximum absolute atomic E-state index is 12.8. The third-order valence-corrected chi connectivity index (χ3v) is 13.5. The number of hydrogen-bond acceptors (Lipinski definition) is 6. The monoisotopic (exact) mass is 919 g/mol. The molecule has 0 aromatic carbocycles. The molecule has 0 aliphatic rings. The van der Waals surface area contributed by atoms with E-state index >= 15 is 0 Å². The third-order valence-electron chi connectivity index (χ3n) is 13.5. The van der Waals surface area contributed by atoms with Gasteiger partial charge in [-0.05, 0) is 31.1 Å². The van der Waals surface area contributed by atoms with E-state index in [1.54, 1.807) is 0 Å². The van der Waals surface area contributed by atoms with E-state index in [2.05, 4.69) is 34.6 Å². The van der Waals surface area contributed by atoms with Crippen LogP contribution in [0.2, 0.25) is 0 Å². The van der Waals surface area contributed by atoms with Crippen LogP contribution in [-0.4, -0.2) is 37.2 Å². The molecule has 0 radical (unpaired) electrons. The van der Waals surface area contributed by atoms with Gasteiger partial charge in [-0.3, -0.25) is 14.4 Å². The Morgan fingerprint density at radius 3 is 0.754 bits per heavy atom. The molecule has 0 spiro atoms. The molecule has 0 aliphatic carbocycles. The summed E-state index contributed by atoms with van der Waals surface area (Å²) in [4.78, 5) is 38.2. The molecule has 6 nitrogen and oxygen atoms in total. The first-order valence-electron chi connectivity index (χ1n) is 29.2.